The van der Waals surface area contributed by atoms with Gasteiger partial charge in [-0.25, -0.2) is 8.93 Å². The Hall–Kier alpha value is -1.60. The number of hydrogen-bond acceptors (Lipinski definition) is 4. The van der Waals surface area contributed by atoms with Crippen molar-refractivity contribution in [1.29, 1.82) is 0 Å². The molecule has 1 N–H and O–H groups in total. The number of rotatable bonds is 11. The Morgan fingerprint density at radius 2 is 1.82 bits per heavy atom. The van der Waals surface area contributed by atoms with Crippen LogP contribution >= 0.6 is 0 Å². The molecule has 1 heterocycles. The Bertz CT molecular complexity index is 705. The van der Waals surface area contributed by atoms with E-state index >= 15 is 0 Å². The minimum atomic E-state index is -1.22. The van der Waals surface area contributed by atoms with Gasteiger partial charge in [-0.2, -0.15) is 0 Å². The summed E-state index contributed by atoms with van der Waals surface area (Å²) in [7, 11) is -1.22. The van der Waals surface area contributed by atoms with Crippen LogP contribution in [-0.2, 0) is 33.5 Å². The van der Waals surface area contributed by atoms with Gasteiger partial charge in [-0.15, -0.1) is 0 Å². The van der Waals surface area contributed by atoms with Gasteiger partial charge in [0.15, 0.2) is 0 Å². The first-order valence-electron chi connectivity index (χ1n) is 9.71. The molecule has 0 saturated carbocycles. The standard InChI is InChI=1S/C22H32N2O3S/c1-5-27-21(17-26-16-18-11-7-6-8-12-18)20(24-28(25)22(2,3)4)15-19-13-9-10-14-23-19/h6-14,20-21,24H,5,15-17H2,1-4H3/t20-,21-,28-/m1/s1. The number of ether oxygens (including phenoxy) is 2. The number of pyridine rings is 1. The van der Waals surface area contributed by atoms with Gasteiger partial charge in [0.05, 0.1) is 41.1 Å². The van der Waals surface area contributed by atoms with Crippen LogP contribution in [0.2, 0.25) is 0 Å². The van der Waals surface area contributed by atoms with Crippen molar-refractivity contribution in [3.63, 3.8) is 0 Å². The summed E-state index contributed by atoms with van der Waals surface area (Å²) in [5.74, 6) is 0. The highest BCUT2D eigenvalue weighted by molar-refractivity contribution is 7.84. The van der Waals surface area contributed by atoms with E-state index in [0.717, 1.165) is 11.3 Å². The first-order valence-corrected chi connectivity index (χ1v) is 10.9. The molecular weight excluding hydrogens is 372 g/mol. The summed E-state index contributed by atoms with van der Waals surface area (Å²) in [5, 5.41) is 0. The van der Waals surface area contributed by atoms with Crippen molar-refractivity contribution >= 4 is 11.0 Å². The third-order valence-corrected chi connectivity index (χ3v) is 5.82. The van der Waals surface area contributed by atoms with Crippen LogP contribution in [0.25, 0.3) is 0 Å². The second-order valence-electron chi connectivity index (χ2n) is 7.63. The Morgan fingerprint density at radius 3 is 2.43 bits per heavy atom. The Morgan fingerprint density at radius 1 is 1.11 bits per heavy atom. The molecule has 28 heavy (non-hydrogen) atoms. The molecule has 5 nitrogen and oxygen atoms in total. The molecular formula is C22H32N2O3S. The molecule has 1 aromatic heterocycles. The minimum absolute atomic E-state index is 0.175. The van der Waals surface area contributed by atoms with E-state index in [1.165, 1.54) is 0 Å². The molecule has 154 valence electrons. The smallest absolute Gasteiger partial charge is 0.0974 e. The van der Waals surface area contributed by atoms with E-state index in [0.29, 0.717) is 26.2 Å². The van der Waals surface area contributed by atoms with Crippen LogP contribution in [0.1, 0.15) is 39.0 Å². The first kappa shape index (κ1) is 22.7. The summed E-state index contributed by atoms with van der Waals surface area (Å²) in [6, 6.07) is 15.7. The fourth-order valence-corrected chi connectivity index (χ4v) is 3.53. The SMILES string of the molecule is CCO[C@H](COCc1ccccc1)[C@@H](Cc1ccccn1)N[S@](=O)C(C)(C)C. The number of nitrogens with zero attached hydrogens (tertiary/aromatic N) is 1. The summed E-state index contributed by atoms with van der Waals surface area (Å²) in [4.78, 5) is 4.42. The molecule has 0 aliphatic rings. The van der Waals surface area contributed by atoms with Gasteiger partial charge in [-0.1, -0.05) is 36.4 Å². The van der Waals surface area contributed by atoms with E-state index in [-0.39, 0.29) is 16.9 Å². The highest BCUT2D eigenvalue weighted by atomic mass is 32.2. The fourth-order valence-electron chi connectivity index (χ4n) is 2.67. The highest BCUT2D eigenvalue weighted by Crippen LogP contribution is 2.15. The van der Waals surface area contributed by atoms with Gasteiger partial charge in [0.25, 0.3) is 0 Å². The number of hydrogen-bond donors (Lipinski definition) is 1. The molecule has 0 amide bonds. The van der Waals surface area contributed by atoms with Crippen LogP contribution < -0.4 is 4.72 Å². The van der Waals surface area contributed by atoms with Gasteiger partial charge < -0.3 is 9.47 Å². The largest absolute Gasteiger partial charge is 0.374 e. The average Bonchev–Trinajstić information content (AvgIpc) is 2.67. The summed E-state index contributed by atoms with van der Waals surface area (Å²) >= 11 is 0. The van der Waals surface area contributed by atoms with Crippen LogP contribution in [0.15, 0.2) is 54.7 Å². The number of nitrogens with one attached hydrogen (secondary N) is 1. The normalized spacial score (nSPS) is 15.1. The molecule has 0 bridgehead atoms. The third-order valence-electron chi connectivity index (χ3n) is 4.19. The molecule has 0 radical (unpaired) electrons. The van der Waals surface area contributed by atoms with Crippen molar-refractivity contribution in [3.8, 4) is 0 Å². The minimum Gasteiger partial charge on any atom is -0.374 e. The molecule has 0 unspecified atom stereocenters. The molecule has 0 spiro atoms. The second-order valence-corrected chi connectivity index (χ2v) is 9.62. The summed E-state index contributed by atoms with van der Waals surface area (Å²) < 4.78 is 27.6. The van der Waals surface area contributed by atoms with E-state index in [9.17, 15) is 4.21 Å². The van der Waals surface area contributed by atoms with E-state index in [1.54, 1.807) is 6.20 Å². The molecule has 0 aliphatic heterocycles. The van der Waals surface area contributed by atoms with Crippen LogP contribution in [-0.4, -0.2) is 39.3 Å². The summed E-state index contributed by atoms with van der Waals surface area (Å²) in [6.45, 7) is 9.31. The lowest BCUT2D eigenvalue weighted by molar-refractivity contribution is -0.0317. The quantitative estimate of drug-likeness (QED) is 0.621. The van der Waals surface area contributed by atoms with Crippen LogP contribution in [0.3, 0.4) is 0 Å². The predicted octanol–water partition coefficient (Wildman–Crippen LogP) is 3.67. The van der Waals surface area contributed by atoms with Crippen molar-refractivity contribution in [2.75, 3.05) is 13.2 Å². The molecule has 2 rings (SSSR count). The number of benzene rings is 1. The second kappa shape index (κ2) is 11.4. The molecule has 2 aromatic rings. The maximum atomic E-state index is 12.8. The van der Waals surface area contributed by atoms with E-state index in [1.807, 2.05) is 76.2 Å². The van der Waals surface area contributed by atoms with Crippen molar-refractivity contribution in [2.24, 2.45) is 0 Å². The monoisotopic (exact) mass is 404 g/mol. The molecule has 0 aliphatic carbocycles. The Kier molecular flexibility index (Phi) is 9.25. The van der Waals surface area contributed by atoms with Gasteiger partial charge in [0, 0.05) is 24.9 Å². The van der Waals surface area contributed by atoms with Gasteiger partial charge >= 0.3 is 0 Å². The van der Waals surface area contributed by atoms with E-state index < -0.39 is 11.0 Å². The maximum Gasteiger partial charge on any atom is 0.0974 e. The highest BCUT2D eigenvalue weighted by Gasteiger charge is 2.29. The molecule has 0 saturated heterocycles. The lowest BCUT2D eigenvalue weighted by Crippen LogP contribution is -2.49. The zero-order valence-electron chi connectivity index (χ0n) is 17.3. The maximum absolute atomic E-state index is 12.8. The van der Waals surface area contributed by atoms with Crippen molar-refractivity contribution in [3.05, 3.63) is 66.0 Å². The number of aromatic nitrogens is 1. The first-order chi connectivity index (χ1) is 13.4. The van der Waals surface area contributed by atoms with E-state index in [4.69, 9.17) is 9.47 Å². The Labute approximate surface area is 171 Å². The van der Waals surface area contributed by atoms with Gasteiger partial charge in [0.1, 0.15) is 0 Å². The summed E-state index contributed by atoms with van der Waals surface area (Å²) in [6.07, 6.45) is 2.15. The van der Waals surface area contributed by atoms with Crippen molar-refractivity contribution < 1.29 is 13.7 Å². The lowest BCUT2D eigenvalue weighted by atomic mass is 10.1. The average molecular weight is 405 g/mol. The molecule has 6 heteroatoms. The van der Waals surface area contributed by atoms with Gasteiger partial charge in [0.2, 0.25) is 0 Å². The van der Waals surface area contributed by atoms with Gasteiger partial charge in [-0.05, 0) is 45.4 Å². The zero-order chi connectivity index (χ0) is 20.4. The lowest BCUT2D eigenvalue weighted by Gasteiger charge is -2.30. The zero-order valence-corrected chi connectivity index (χ0v) is 18.1. The molecule has 1 aromatic carbocycles. The van der Waals surface area contributed by atoms with Crippen molar-refractivity contribution in [1.82, 2.24) is 9.71 Å². The summed E-state index contributed by atoms with van der Waals surface area (Å²) in [5.41, 5.74) is 2.05. The van der Waals surface area contributed by atoms with Crippen LogP contribution in [0.5, 0.6) is 0 Å². The van der Waals surface area contributed by atoms with Crippen LogP contribution in [0, 0.1) is 0 Å². The molecule has 0 fully saturated rings. The Balaban J connectivity index is 2.09. The fraction of sp³-hybridized carbons (Fsp3) is 0.500. The predicted molar refractivity (Wildman–Crippen MR) is 114 cm³/mol. The van der Waals surface area contributed by atoms with Crippen molar-refractivity contribution in [2.45, 2.75) is 57.6 Å². The van der Waals surface area contributed by atoms with Gasteiger partial charge in [-0.3, -0.25) is 4.98 Å². The third kappa shape index (κ3) is 7.80. The topological polar surface area (TPSA) is 60.5 Å². The van der Waals surface area contributed by atoms with E-state index in [2.05, 4.69) is 9.71 Å². The molecule has 3 atom stereocenters. The van der Waals surface area contributed by atoms with Crippen LogP contribution in [0.4, 0.5) is 0 Å².